The Kier molecular flexibility index (Phi) is 2.61. The third-order valence-electron chi connectivity index (χ3n) is 3.26. The van der Waals surface area contributed by atoms with Gasteiger partial charge >= 0.3 is 0 Å². The number of fused-ring (bicyclic) bond motifs is 1. The molecule has 2 heterocycles. The number of ether oxygens (including phenoxy) is 1. The van der Waals surface area contributed by atoms with Crippen LogP contribution in [0.3, 0.4) is 0 Å². The highest BCUT2D eigenvalue weighted by molar-refractivity contribution is 5.68. The number of H-pyrrole nitrogens is 1. The molecule has 3 rings (SSSR count). The first kappa shape index (κ1) is 10.4. The van der Waals surface area contributed by atoms with E-state index >= 15 is 0 Å². The van der Waals surface area contributed by atoms with Crippen LogP contribution in [0.15, 0.2) is 30.3 Å². The highest BCUT2D eigenvalue weighted by atomic mass is 16.5. The number of hydrogen-bond acceptors (Lipinski definition) is 2. The molecule has 0 fully saturated rings. The summed E-state index contributed by atoms with van der Waals surface area (Å²) in [5.41, 5.74) is 5.00. The summed E-state index contributed by atoms with van der Waals surface area (Å²) >= 11 is 0. The second-order valence-electron chi connectivity index (χ2n) is 4.31. The minimum Gasteiger partial charge on any atom is -0.496 e. The molecular formula is C14H16N2O. The van der Waals surface area contributed by atoms with Gasteiger partial charge in [-0.1, -0.05) is 12.1 Å². The van der Waals surface area contributed by atoms with E-state index in [1.54, 1.807) is 7.11 Å². The van der Waals surface area contributed by atoms with Gasteiger partial charge in [0.15, 0.2) is 0 Å². The number of nitrogens with one attached hydrogen (secondary N) is 2. The zero-order chi connectivity index (χ0) is 11.7. The van der Waals surface area contributed by atoms with Crippen LogP contribution in [-0.4, -0.2) is 18.6 Å². The Bertz CT molecular complexity index is 507. The molecule has 17 heavy (non-hydrogen) atoms. The molecule has 1 aromatic carbocycles. The number of aromatic amines is 1. The van der Waals surface area contributed by atoms with Crippen LogP contribution in [0.4, 0.5) is 0 Å². The largest absolute Gasteiger partial charge is 0.496 e. The zero-order valence-electron chi connectivity index (χ0n) is 9.92. The molecule has 1 aromatic heterocycles. The standard InChI is InChI=1S/C14H16N2O/c1-17-14-5-3-2-4-11(14)13-8-10-9-15-7-6-12(10)16-13/h2-5,8,15-16H,6-7,9H2,1H3. The van der Waals surface area contributed by atoms with Crippen LogP contribution in [0.25, 0.3) is 11.3 Å². The second-order valence-corrected chi connectivity index (χ2v) is 4.31. The normalized spacial score (nSPS) is 14.4. The molecule has 0 bridgehead atoms. The fourth-order valence-electron chi connectivity index (χ4n) is 2.37. The highest BCUT2D eigenvalue weighted by Crippen LogP contribution is 2.30. The Labute approximate surface area is 101 Å². The van der Waals surface area contributed by atoms with E-state index in [9.17, 15) is 0 Å². The van der Waals surface area contributed by atoms with E-state index in [0.29, 0.717) is 0 Å². The van der Waals surface area contributed by atoms with E-state index in [-0.39, 0.29) is 0 Å². The van der Waals surface area contributed by atoms with Crippen LogP contribution in [0, 0.1) is 0 Å². The van der Waals surface area contributed by atoms with Crippen LogP contribution in [0.5, 0.6) is 5.75 Å². The summed E-state index contributed by atoms with van der Waals surface area (Å²) < 4.78 is 5.40. The molecule has 1 aliphatic heterocycles. The zero-order valence-corrected chi connectivity index (χ0v) is 9.92. The van der Waals surface area contributed by atoms with Crippen LogP contribution in [0.2, 0.25) is 0 Å². The lowest BCUT2D eigenvalue weighted by Gasteiger charge is -2.11. The molecule has 0 saturated heterocycles. The average molecular weight is 228 g/mol. The first-order valence-electron chi connectivity index (χ1n) is 5.93. The van der Waals surface area contributed by atoms with Crippen molar-refractivity contribution >= 4 is 0 Å². The molecule has 2 aromatic rings. The number of rotatable bonds is 2. The van der Waals surface area contributed by atoms with Crippen LogP contribution in [0.1, 0.15) is 11.3 Å². The number of para-hydroxylation sites is 1. The summed E-state index contributed by atoms with van der Waals surface area (Å²) in [4.78, 5) is 3.50. The van der Waals surface area contributed by atoms with Crippen molar-refractivity contribution in [3.8, 4) is 17.0 Å². The molecule has 0 spiro atoms. The summed E-state index contributed by atoms with van der Waals surface area (Å²) in [7, 11) is 1.71. The van der Waals surface area contributed by atoms with Gasteiger partial charge < -0.3 is 15.0 Å². The number of benzene rings is 1. The van der Waals surface area contributed by atoms with Crippen molar-refractivity contribution in [2.45, 2.75) is 13.0 Å². The minimum absolute atomic E-state index is 0.916. The quantitative estimate of drug-likeness (QED) is 0.827. The van der Waals surface area contributed by atoms with Crippen molar-refractivity contribution in [3.63, 3.8) is 0 Å². The van der Waals surface area contributed by atoms with E-state index < -0.39 is 0 Å². The molecule has 2 N–H and O–H groups in total. The molecule has 3 nitrogen and oxygen atoms in total. The Morgan fingerprint density at radius 1 is 1.24 bits per heavy atom. The van der Waals surface area contributed by atoms with Crippen molar-refractivity contribution in [2.75, 3.05) is 13.7 Å². The third kappa shape index (κ3) is 1.83. The summed E-state index contributed by atoms with van der Waals surface area (Å²) in [5, 5.41) is 3.38. The third-order valence-corrected chi connectivity index (χ3v) is 3.26. The lowest BCUT2D eigenvalue weighted by atomic mass is 10.1. The molecule has 0 aliphatic carbocycles. The topological polar surface area (TPSA) is 37.0 Å². The fourth-order valence-corrected chi connectivity index (χ4v) is 2.37. The van der Waals surface area contributed by atoms with Gasteiger partial charge in [0.25, 0.3) is 0 Å². The van der Waals surface area contributed by atoms with E-state index in [1.807, 2.05) is 18.2 Å². The van der Waals surface area contributed by atoms with Crippen LogP contribution in [-0.2, 0) is 13.0 Å². The maximum Gasteiger partial charge on any atom is 0.128 e. The van der Waals surface area contributed by atoms with Gasteiger partial charge in [-0.25, -0.2) is 0 Å². The monoisotopic (exact) mass is 228 g/mol. The average Bonchev–Trinajstić information content (AvgIpc) is 2.82. The van der Waals surface area contributed by atoms with Crippen LogP contribution >= 0.6 is 0 Å². The number of methoxy groups -OCH3 is 1. The Hall–Kier alpha value is -1.74. The molecule has 0 amide bonds. The summed E-state index contributed by atoms with van der Waals surface area (Å²) in [6.07, 6.45) is 1.07. The van der Waals surface area contributed by atoms with Gasteiger partial charge in [0.05, 0.1) is 7.11 Å². The fraction of sp³-hybridized carbons (Fsp3) is 0.286. The Morgan fingerprint density at radius 2 is 2.12 bits per heavy atom. The molecule has 1 aliphatic rings. The van der Waals surface area contributed by atoms with E-state index in [1.165, 1.54) is 11.3 Å². The SMILES string of the molecule is COc1ccccc1-c1cc2c([nH]1)CCNC2. The maximum absolute atomic E-state index is 5.40. The number of hydrogen-bond donors (Lipinski definition) is 2. The summed E-state index contributed by atoms with van der Waals surface area (Å²) in [6.45, 7) is 2.01. The lowest BCUT2D eigenvalue weighted by Crippen LogP contribution is -2.22. The predicted molar refractivity (Wildman–Crippen MR) is 68.2 cm³/mol. The van der Waals surface area contributed by atoms with Crippen molar-refractivity contribution in [3.05, 3.63) is 41.6 Å². The minimum atomic E-state index is 0.916. The van der Waals surface area contributed by atoms with Gasteiger partial charge in [0, 0.05) is 36.5 Å². The van der Waals surface area contributed by atoms with Gasteiger partial charge in [0.1, 0.15) is 5.75 Å². The van der Waals surface area contributed by atoms with Crippen molar-refractivity contribution in [2.24, 2.45) is 0 Å². The van der Waals surface area contributed by atoms with E-state index in [2.05, 4.69) is 22.4 Å². The Morgan fingerprint density at radius 3 is 2.94 bits per heavy atom. The molecule has 0 atom stereocenters. The van der Waals surface area contributed by atoms with Gasteiger partial charge in [-0.3, -0.25) is 0 Å². The maximum atomic E-state index is 5.40. The molecular weight excluding hydrogens is 212 g/mol. The van der Waals surface area contributed by atoms with Crippen molar-refractivity contribution in [1.82, 2.24) is 10.3 Å². The first-order chi connectivity index (χ1) is 8.38. The van der Waals surface area contributed by atoms with Gasteiger partial charge in [-0.2, -0.15) is 0 Å². The predicted octanol–water partition coefficient (Wildman–Crippen LogP) is 2.34. The van der Waals surface area contributed by atoms with Gasteiger partial charge in [-0.15, -0.1) is 0 Å². The summed E-state index contributed by atoms with van der Waals surface area (Å²) in [6, 6.07) is 10.3. The second kappa shape index (κ2) is 4.26. The molecule has 0 unspecified atom stereocenters. The molecule has 88 valence electrons. The lowest BCUT2D eigenvalue weighted by molar-refractivity contribution is 0.416. The smallest absolute Gasteiger partial charge is 0.128 e. The van der Waals surface area contributed by atoms with Crippen LogP contribution < -0.4 is 10.1 Å². The molecule has 3 heteroatoms. The first-order valence-corrected chi connectivity index (χ1v) is 5.93. The van der Waals surface area contributed by atoms with E-state index in [4.69, 9.17) is 4.74 Å². The number of aromatic nitrogens is 1. The van der Waals surface area contributed by atoms with E-state index in [0.717, 1.165) is 36.5 Å². The Balaban J connectivity index is 2.06. The van der Waals surface area contributed by atoms with Gasteiger partial charge in [0.2, 0.25) is 0 Å². The highest BCUT2D eigenvalue weighted by Gasteiger charge is 2.14. The summed E-state index contributed by atoms with van der Waals surface area (Å²) in [5.74, 6) is 0.916. The van der Waals surface area contributed by atoms with Crippen molar-refractivity contribution < 1.29 is 4.74 Å². The van der Waals surface area contributed by atoms with Crippen molar-refractivity contribution in [1.29, 1.82) is 0 Å². The van der Waals surface area contributed by atoms with Gasteiger partial charge in [-0.05, 0) is 23.8 Å². The molecule has 0 saturated carbocycles. The molecule has 0 radical (unpaired) electrons.